The lowest BCUT2D eigenvalue weighted by molar-refractivity contribution is -0.131. The smallest absolute Gasteiger partial charge is 0.342 e. The van der Waals surface area contributed by atoms with Gasteiger partial charge in [-0.05, 0) is 71.1 Å². The number of methoxy groups -OCH3 is 1. The number of hydrogen-bond donors (Lipinski definition) is 2. The van der Waals surface area contributed by atoms with Gasteiger partial charge in [-0.15, -0.1) is 5.10 Å². The first-order chi connectivity index (χ1) is 14.9. The number of carbonyl (C=O) groups is 1. The van der Waals surface area contributed by atoms with E-state index in [2.05, 4.69) is 43.8 Å². The third-order valence-corrected chi connectivity index (χ3v) is 5.73. The molecule has 1 aromatic heterocycles. The maximum atomic E-state index is 11.7. The zero-order valence-electron chi connectivity index (χ0n) is 16.5. The molecule has 3 aromatic rings. The summed E-state index contributed by atoms with van der Waals surface area (Å²) < 4.78 is 12.1. The van der Waals surface area contributed by atoms with Crippen LogP contribution in [0, 0.1) is 21.8 Å². The van der Waals surface area contributed by atoms with Crippen LogP contribution in [0.1, 0.15) is 22.5 Å². The van der Waals surface area contributed by atoms with Crippen LogP contribution in [0.15, 0.2) is 46.5 Å². The topological polar surface area (TPSA) is 121 Å². The van der Waals surface area contributed by atoms with E-state index in [9.17, 15) is 15.2 Å². The second-order valence-electron chi connectivity index (χ2n) is 6.21. The Morgan fingerprint density at radius 3 is 2.81 bits per heavy atom. The molecular formula is C21H17IN4O4S. The van der Waals surface area contributed by atoms with Crippen LogP contribution in [0.3, 0.4) is 0 Å². The molecule has 2 N–H and O–H groups in total. The third kappa shape index (κ3) is 5.77. The molecule has 0 aliphatic rings. The number of benzene rings is 2. The van der Waals surface area contributed by atoms with Crippen molar-refractivity contribution in [2.75, 3.05) is 7.11 Å². The highest BCUT2D eigenvalue weighted by atomic mass is 127. The zero-order valence-corrected chi connectivity index (χ0v) is 19.5. The summed E-state index contributed by atoms with van der Waals surface area (Å²) in [5.41, 5.74) is 1.93. The van der Waals surface area contributed by atoms with E-state index in [0.717, 1.165) is 20.9 Å². The van der Waals surface area contributed by atoms with Crippen molar-refractivity contribution in [3.05, 3.63) is 67.4 Å². The summed E-state index contributed by atoms with van der Waals surface area (Å²) in [6, 6.07) is 12.8. The fourth-order valence-electron chi connectivity index (χ4n) is 2.62. The Morgan fingerprint density at radius 2 is 2.16 bits per heavy atom. The van der Waals surface area contributed by atoms with Crippen LogP contribution in [0.25, 0.3) is 6.08 Å². The molecule has 31 heavy (non-hydrogen) atoms. The number of H-pyrrole nitrogens is 1. The molecule has 0 amide bonds. The molecule has 10 heteroatoms. The molecular weight excluding hydrogens is 531 g/mol. The number of ether oxygens (including phenoxy) is 2. The number of nitriles is 1. The van der Waals surface area contributed by atoms with Gasteiger partial charge in [0.15, 0.2) is 11.5 Å². The maximum absolute atomic E-state index is 11.7. The lowest BCUT2D eigenvalue weighted by Crippen LogP contribution is -2.02. The number of thioether (sulfide) groups is 1. The maximum Gasteiger partial charge on any atom is 0.342 e. The second kappa shape index (κ2) is 10.3. The highest BCUT2D eigenvalue weighted by Crippen LogP contribution is 2.36. The quantitative estimate of drug-likeness (QED) is 0.242. The van der Waals surface area contributed by atoms with Gasteiger partial charge in [-0.3, -0.25) is 5.10 Å². The number of aliphatic carboxylic acids is 1. The van der Waals surface area contributed by atoms with E-state index in [1.807, 2.05) is 12.1 Å². The van der Waals surface area contributed by atoms with Crippen molar-refractivity contribution in [1.29, 1.82) is 5.26 Å². The molecule has 0 saturated heterocycles. The van der Waals surface area contributed by atoms with Gasteiger partial charge in [0.2, 0.25) is 5.16 Å². The van der Waals surface area contributed by atoms with Crippen LogP contribution >= 0.6 is 34.4 Å². The van der Waals surface area contributed by atoms with Crippen LogP contribution in [-0.4, -0.2) is 33.4 Å². The Hall–Kier alpha value is -3.04. The van der Waals surface area contributed by atoms with Gasteiger partial charge in [0.05, 0.1) is 22.3 Å². The van der Waals surface area contributed by atoms with Gasteiger partial charge in [0, 0.05) is 5.56 Å². The van der Waals surface area contributed by atoms with Crippen LogP contribution < -0.4 is 9.47 Å². The van der Waals surface area contributed by atoms with Crippen molar-refractivity contribution in [2.45, 2.75) is 18.7 Å². The minimum atomic E-state index is -1.09. The summed E-state index contributed by atoms with van der Waals surface area (Å²) in [5.74, 6) is 0.482. The average Bonchev–Trinajstić information content (AvgIpc) is 3.16. The van der Waals surface area contributed by atoms with Gasteiger partial charge in [-0.25, -0.2) is 9.78 Å². The monoisotopic (exact) mass is 548 g/mol. The van der Waals surface area contributed by atoms with Crippen molar-refractivity contribution >= 4 is 46.4 Å². The number of rotatable bonds is 8. The van der Waals surface area contributed by atoms with Crippen LogP contribution in [0.2, 0.25) is 0 Å². The molecule has 0 aliphatic carbocycles. The van der Waals surface area contributed by atoms with E-state index in [1.165, 1.54) is 13.2 Å². The summed E-state index contributed by atoms with van der Waals surface area (Å²) in [5, 5.41) is 25.8. The molecule has 158 valence electrons. The number of aromatic amines is 1. The molecule has 2 aromatic carbocycles. The number of nitrogens with zero attached hydrogens (tertiary/aromatic N) is 3. The molecule has 0 atom stereocenters. The van der Waals surface area contributed by atoms with E-state index in [1.54, 1.807) is 31.2 Å². The van der Waals surface area contributed by atoms with Gasteiger partial charge in [0.25, 0.3) is 0 Å². The van der Waals surface area contributed by atoms with Gasteiger partial charge in [0.1, 0.15) is 17.3 Å². The normalized spacial score (nSPS) is 11.1. The SMILES string of the molecule is COc1cc(/C=C(\Sc2n[nH]c(C)n2)C(=O)O)cc(I)c1OCc1ccccc1C#N. The number of halogens is 1. The Balaban J connectivity index is 1.87. The van der Waals surface area contributed by atoms with E-state index in [-0.39, 0.29) is 11.5 Å². The predicted octanol–water partition coefficient (Wildman–Crippen LogP) is 4.39. The molecule has 1 heterocycles. The molecule has 0 unspecified atom stereocenters. The molecule has 3 rings (SSSR count). The molecule has 0 aliphatic heterocycles. The molecule has 0 spiro atoms. The Labute approximate surface area is 196 Å². The molecule has 0 saturated carbocycles. The van der Waals surface area contributed by atoms with Gasteiger partial charge in [-0.2, -0.15) is 5.26 Å². The Morgan fingerprint density at radius 1 is 1.39 bits per heavy atom. The van der Waals surface area contributed by atoms with E-state index >= 15 is 0 Å². The van der Waals surface area contributed by atoms with E-state index in [4.69, 9.17) is 9.47 Å². The summed E-state index contributed by atoms with van der Waals surface area (Å²) in [6.45, 7) is 1.94. The summed E-state index contributed by atoms with van der Waals surface area (Å²) in [6.07, 6.45) is 1.53. The number of hydrogen-bond acceptors (Lipinski definition) is 7. The first-order valence-corrected chi connectivity index (χ1v) is 10.8. The molecule has 0 fully saturated rings. The Kier molecular flexibility index (Phi) is 7.54. The largest absolute Gasteiger partial charge is 0.493 e. The standard InChI is InChI=1S/C21H17IN4O4S/c1-12-24-21(26-25-12)31-18(20(27)28)9-13-7-16(22)19(17(8-13)29-2)30-11-15-6-4-3-5-14(15)10-23/h3-9H,11H2,1-2H3,(H,27,28)(H,24,25,26)/b18-9-. The molecule has 8 nitrogen and oxygen atoms in total. The summed E-state index contributed by atoms with van der Waals surface area (Å²) in [7, 11) is 1.51. The van der Waals surface area contributed by atoms with Crippen molar-refractivity contribution in [3.63, 3.8) is 0 Å². The first-order valence-electron chi connectivity index (χ1n) is 8.91. The van der Waals surface area contributed by atoms with Crippen molar-refractivity contribution in [1.82, 2.24) is 15.2 Å². The van der Waals surface area contributed by atoms with Crippen molar-refractivity contribution in [2.24, 2.45) is 0 Å². The fourth-order valence-corrected chi connectivity index (χ4v) is 4.15. The van der Waals surface area contributed by atoms with Crippen LogP contribution in [0.5, 0.6) is 11.5 Å². The fraction of sp³-hybridized carbons (Fsp3) is 0.143. The number of carboxylic acids is 1. The van der Waals surface area contributed by atoms with Crippen LogP contribution in [0.4, 0.5) is 0 Å². The lowest BCUT2D eigenvalue weighted by Gasteiger charge is -2.14. The summed E-state index contributed by atoms with van der Waals surface area (Å²) >= 11 is 3.05. The zero-order chi connectivity index (χ0) is 22.4. The van der Waals surface area contributed by atoms with E-state index < -0.39 is 5.97 Å². The average molecular weight is 548 g/mol. The van der Waals surface area contributed by atoms with Gasteiger partial charge < -0.3 is 14.6 Å². The van der Waals surface area contributed by atoms with Gasteiger partial charge in [-0.1, -0.05) is 18.2 Å². The first kappa shape index (κ1) is 22.6. The lowest BCUT2D eigenvalue weighted by atomic mass is 10.1. The van der Waals surface area contributed by atoms with Crippen LogP contribution in [-0.2, 0) is 11.4 Å². The van der Waals surface area contributed by atoms with E-state index in [0.29, 0.717) is 33.6 Å². The minimum absolute atomic E-state index is 0.0634. The number of aromatic nitrogens is 3. The highest BCUT2D eigenvalue weighted by Gasteiger charge is 2.16. The number of carboxylic acid groups (broad SMARTS) is 1. The number of nitrogens with one attached hydrogen (secondary N) is 1. The molecule has 0 bridgehead atoms. The van der Waals surface area contributed by atoms with Gasteiger partial charge >= 0.3 is 5.97 Å². The second-order valence-corrected chi connectivity index (χ2v) is 8.38. The van der Waals surface area contributed by atoms with Crippen molar-refractivity contribution in [3.8, 4) is 17.6 Å². The molecule has 0 radical (unpaired) electrons. The van der Waals surface area contributed by atoms with Crippen molar-refractivity contribution < 1.29 is 19.4 Å². The highest BCUT2D eigenvalue weighted by molar-refractivity contribution is 14.1. The number of aryl methyl sites for hydroxylation is 1. The predicted molar refractivity (Wildman–Crippen MR) is 124 cm³/mol. The summed E-state index contributed by atoms with van der Waals surface area (Å²) in [4.78, 5) is 15.9. The third-order valence-electron chi connectivity index (χ3n) is 4.05. The minimum Gasteiger partial charge on any atom is -0.493 e. The Bertz CT molecular complexity index is 1190.